The minimum absolute atomic E-state index is 0.0280. The maximum absolute atomic E-state index is 11.3. The molecule has 0 spiro atoms. The van der Waals surface area contributed by atoms with E-state index in [-0.39, 0.29) is 24.6 Å². The normalized spacial score (nSPS) is 10.1. The Kier molecular flexibility index (Phi) is 36.4. The molecule has 7 heteroatoms. The summed E-state index contributed by atoms with van der Waals surface area (Å²) in [5, 5.41) is 8.20. The number of ether oxygens (including phenoxy) is 4. The summed E-state index contributed by atoms with van der Waals surface area (Å²) in [4.78, 5) is 21.1. The molecule has 0 aromatic carbocycles. The van der Waals surface area contributed by atoms with Crippen molar-refractivity contribution in [2.24, 2.45) is 0 Å². The average molecular weight is 479 g/mol. The van der Waals surface area contributed by atoms with Crippen LogP contribution in [0.4, 0.5) is 0 Å². The van der Waals surface area contributed by atoms with Crippen molar-refractivity contribution in [1.82, 2.24) is 0 Å². The van der Waals surface area contributed by atoms with Crippen LogP contribution in [-0.2, 0) is 28.5 Å². The third-order valence-corrected chi connectivity index (χ3v) is 4.37. The number of rotatable bonds is 19. The van der Waals surface area contributed by atoms with E-state index in [0.717, 1.165) is 6.42 Å². The van der Waals surface area contributed by atoms with E-state index in [2.05, 4.69) is 16.4 Å². The van der Waals surface area contributed by atoms with Crippen LogP contribution in [0, 0.1) is 0 Å². The molecule has 0 unspecified atom stereocenters. The molecule has 0 aliphatic heterocycles. The molecule has 0 atom stereocenters. The minimum Gasteiger partial charge on any atom is -0.466 e. The van der Waals surface area contributed by atoms with E-state index in [1.807, 2.05) is 13.8 Å². The van der Waals surface area contributed by atoms with E-state index >= 15 is 0 Å². The van der Waals surface area contributed by atoms with Crippen molar-refractivity contribution in [3.63, 3.8) is 0 Å². The van der Waals surface area contributed by atoms with Gasteiger partial charge < -0.3 is 24.1 Å². The standard InChI is InChI=1S/C17H34O2.C5H12O3.C4H8O2/c1-4-5-6-7-8-9-10-11-12-13-14-15-17(18)19-16(2)3;1-7-4-5-8-3-2-6;1-3-6-4(2)5/h16H,4-15H2,1-3H3;6H,2-5H2,1H3;3H2,1-2H3. The molecule has 0 amide bonds. The zero-order chi connectivity index (χ0) is 25.6. The van der Waals surface area contributed by atoms with Crippen LogP contribution in [0.2, 0.25) is 0 Å². The lowest BCUT2D eigenvalue weighted by Gasteiger charge is -2.07. The second-order valence-electron chi connectivity index (χ2n) is 8.08. The van der Waals surface area contributed by atoms with Crippen molar-refractivity contribution < 1.29 is 33.6 Å². The van der Waals surface area contributed by atoms with E-state index in [0.29, 0.717) is 32.8 Å². The van der Waals surface area contributed by atoms with Crippen molar-refractivity contribution in [3.05, 3.63) is 0 Å². The number of carbonyl (C=O) groups is 2. The zero-order valence-electron chi connectivity index (χ0n) is 22.5. The summed E-state index contributed by atoms with van der Waals surface area (Å²) in [7, 11) is 1.61. The average Bonchev–Trinajstić information content (AvgIpc) is 2.75. The van der Waals surface area contributed by atoms with Crippen LogP contribution >= 0.6 is 0 Å². The van der Waals surface area contributed by atoms with Gasteiger partial charge in [0.15, 0.2) is 0 Å². The molecule has 33 heavy (non-hydrogen) atoms. The van der Waals surface area contributed by atoms with E-state index in [1.54, 1.807) is 14.0 Å². The van der Waals surface area contributed by atoms with Gasteiger partial charge in [-0.15, -0.1) is 0 Å². The third-order valence-electron chi connectivity index (χ3n) is 4.37. The molecule has 200 valence electrons. The predicted molar refractivity (Wildman–Crippen MR) is 134 cm³/mol. The fourth-order valence-electron chi connectivity index (χ4n) is 2.77. The molecule has 0 aromatic heterocycles. The first-order chi connectivity index (χ1) is 15.8. The summed E-state index contributed by atoms with van der Waals surface area (Å²) in [5.41, 5.74) is 0. The summed E-state index contributed by atoms with van der Waals surface area (Å²) in [6.45, 7) is 11.4. The van der Waals surface area contributed by atoms with E-state index < -0.39 is 0 Å². The van der Waals surface area contributed by atoms with Gasteiger partial charge >= 0.3 is 11.9 Å². The first kappa shape index (κ1) is 36.4. The first-order valence-electron chi connectivity index (χ1n) is 12.9. The Hall–Kier alpha value is -1.18. The smallest absolute Gasteiger partial charge is 0.306 e. The lowest BCUT2D eigenvalue weighted by atomic mass is 10.1. The van der Waals surface area contributed by atoms with Gasteiger partial charge in [-0.1, -0.05) is 71.1 Å². The van der Waals surface area contributed by atoms with Gasteiger partial charge in [0.05, 0.1) is 39.1 Å². The van der Waals surface area contributed by atoms with Gasteiger partial charge in [-0.25, -0.2) is 0 Å². The molecular weight excluding hydrogens is 424 g/mol. The SMILES string of the molecule is CCCCCCCCCCCCCC(=O)OC(C)C.CCOC(C)=O.COCCOCCO. The topological polar surface area (TPSA) is 91.3 Å². The summed E-state index contributed by atoms with van der Waals surface area (Å²) in [6.07, 6.45) is 15.1. The number of aliphatic hydroxyl groups excluding tert-OH is 1. The summed E-state index contributed by atoms with van der Waals surface area (Å²) < 4.78 is 19.0. The van der Waals surface area contributed by atoms with Gasteiger partial charge in [-0.05, 0) is 27.2 Å². The Morgan fingerprint density at radius 2 is 1.30 bits per heavy atom. The number of hydrogen-bond donors (Lipinski definition) is 1. The predicted octanol–water partition coefficient (Wildman–Crippen LogP) is 5.85. The molecule has 0 bridgehead atoms. The number of methoxy groups -OCH3 is 1. The highest BCUT2D eigenvalue weighted by atomic mass is 16.5. The fourth-order valence-corrected chi connectivity index (χ4v) is 2.77. The highest BCUT2D eigenvalue weighted by Crippen LogP contribution is 2.12. The maximum atomic E-state index is 11.3. The van der Waals surface area contributed by atoms with Crippen LogP contribution in [-0.4, -0.2) is 63.3 Å². The van der Waals surface area contributed by atoms with Gasteiger partial charge in [0.1, 0.15) is 0 Å². The van der Waals surface area contributed by atoms with Crippen LogP contribution < -0.4 is 0 Å². The summed E-state index contributed by atoms with van der Waals surface area (Å²) in [5.74, 6) is -0.247. The van der Waals surface area contributed by atoms with Crippen molar-refractivity contribution in [1.29, 1.82) is 0 Å². The highest BCUT2D eigenvalue weighted by Gasteiger charge is 2.04. The molecule has 1 N–H and O–H groups in total. The molecule has 0 aliphatic rings. The van der Waals surface area contributed by atoms with E-state index in [4.69, 9.17) is 14.6 Å². The Bertz CT molecular complexity index is 381. The molecule has 7 nitrogen and oxygen atoms in total. The fraction of sp³-hybridized carbons (Fsp3) is 0.923. The number of unbranched alkanes of at least 4 members (excludes halogenated alkanes) is 10. The van der Waals surface area contributed by atoms with Gasteiger partial charge in [-0.2, -0.15) is 0 Å². The molecular formula is C26H54O7. The minimum atomic E-state index is -0.211. The lowest BCUT2D eigenvalue weighted by molar-refractivity contribution is -0.147. The third kappa shape index (κ3) is 45.1. The molecule has 0 heterocycles. The van der Waals surface area contributed by atoms with Crippen molar-refractivity contribution in [2.75, 3.05) is 40.1 Å². The number of hydrogen-bond acceptors (Lipinski definition) is 7. The Balaban J connectivity index is -0.000000525. The largest absolute Gasteiger partial charge is 0.466 e. The molecule has 0 saturated heterocycles. The van der Waals surface area contributed by atoms with Gasteiger partial charge in [0.2, 0.25) is 0 Å². The van der Waals surface area contributed by atoms with Crippen LogP contribution in [0.1, 0.15) is 112 Å². The molecule has 0 aromatic rings. The lowest BCUT2D eigenvalue weighted by Crippen LogP contribution is -2.10. The van der Waals surface area contributed by atoms with Crippen LogP contribution in [0.15, 0.2) is 0 Å². The van der Waals surface area contributed by atoms with Gasteiger partial charge in [-0.3, -0.25) is 9.59 Å². The van der Waals surface area contributed by atoms with E-state index in [1.165, 1.54) is 71.1 Å². The Labute approximate surface area is 203 Å². The first-order valence-corrected chi connectivity index (χ1v) is 12.9. The van der Waals surface area contributed by atoms with Crippen LogP contribution in [0.5, 0.6) is 0 Å². The van der Waals surface area contributed by atoms with Crippen molar-refractivity contribution >= 4 is 11.9 Å². The van der Waals surface area contributed by atoms with Crippen LogP contribution in [0.3, 0.4) is 0 Å². The van der Waals surface area contributed by atoms with E-state index in [9.17, 15) is 9.59 Å². The number of carbonyl (C=O) groups excluding carboxylic acids is 2. The summed E-state index contributed by atoms with van der Waals surface area (Å²) in [6, 6.07) is 0. The number of aliphatic hydroxyl groups is 1. The van der Waals surface area contributed by atoms with Gasteiger partial charge in [0, 0.05) is 20.5 Å². The monoisotopic (exact) mass is 478 g/mol. The second kappa shape index (κ2) is 33.0. The molecule has 0 fully saturated rings. The second-order valence-corrected chi connectivity index (χ2v) is 8.08. The quantitative estimate of drug-likeness (QED) is 0.184. The molecule has 0 rings (SSSR count). The van der Waals surface area contributed by atoms with Crippen LogP contribution in [0.25, 0.3) is 0 Å². The number of esters is 2. The van der Waals surface area contributed by atoms with Crippen molar-refractivity contribution in [2.45, 2.75) is 118 Å². The Morgan fingerprint density at radius 3 is 1.67 bits per heavy atom. The van der Waals surface area contributed by atoms with Gasteiger partial charge in [0.25, 0.3) is 0 Å². The molecule has 0 saturated carbocycles. The zero-order valence-corrected chi connectivity index (χ0v) is 22.5. The Morgan fingerprint density at radius 1 is 0.788 bits per heavy atom. The molecule has 0 radical (unpaired) electrons. The summed E-state index contributed by atoms with van der Waals surface area (Å²) >= 11 is 0. The maximum Gasteiger partial charge on any atom is 0.306 e. The highest BCUT2D eigenvalue weighted by molar-refractivity contribution is 5.69. The van der Waals surface area contributed by atoms with Crippen molar-refractivity contribution in [3.8, 4) is 0 Å². The molecule has 0 aliphatic carbocycles.